The highest BCUT2D eigenvalue weighted by molar-refractivity contribution is 9.11. The topological polar surface area (TPSA) is 88.4 Å². The van der Waals surface area contributed by atoms with E-state index in [0.717, 1.165) is 14.9 Å². The molecule has 1 N–H and O–H groups in total. The molecule has 1 heterocycles. The molecule has 0 aliphatic carbocycles. The van der Waals surface area contributed by atoms with Crippen LogP contribution in [0.25, 0.3) is 6.08 Å². The summed E-state index contributed by atoms with van der Waals surface area (Å²) < 4.78 is 11.9. The van der Waals surface area contributed by atoms with Crippen molar-refractivity contribution in [2.75, 3.05) is 19.0 Å². The SMILES string of the molecule is CCOC(=O)c1c(NC(=O)/C(C#N)=C/c2cc(Br)cc(Br)c2OC)sc(C)c1C. The third kappa shape index (κ3) is 5.26. The number of esters is 1. The average Bonchev–Trinajstić information content (AvgIpc) is 2.92. The Labute approximate surface area is 189 Å². The Morgan fingerprint density at radius 2 is 2.00 bits per heavy atom. The number of hydrogen-bond acceptors (Lipinski definition) is 6. The lowest BCUT2D eigenvalue weighted by molar-refractivity contribution is -0.112. The number of nitrogens with one attached hydrogen (secondary N) is 1. The first-order chi connectivity index (χ1) is 13.7. The number of halogens is 2. The molecule has 1 aromatic heterocycles. The van der Waals surface area contributed by atoms with Gasteiger partial charge in [-0.05, 0) is 60.5 Å². The van der Waals surface area contributed by atoms with E-state index >= 15 is 0 Å². The number of ether oxygens (including phenoxy) is 2. The van der Waals surface area contributed by atoms with Crippen molar-refractivity contribution in [3.05, 3.63) is 48.2 Å². The maximum absolute atomic E-state index is 12.8. The molecule has 2 aromatic rings. The van der Waals surface area contributed by atoms with Crippen LogP contribution in [0.4, 0.5) is 5.00 Å². The quantitative estimate of drug-likeness (QED) is 0.291. The fourth-order valence-corrected chi connectivity index (χ4v) is 5.01. The third-order valence-electron chi connectivity index (χ3n) is 4.00. The zero-order chi connectivity index (χ0) is 21.7. The highest BCUT2D eigenvalue weighted by Gasteiger charge is 2.23. The van der Waals surface area contributed by atoms with Crippen LogP contribution >= 0.6 is 43.2 Å². The molecule has 1 amide bonds. The monoisotopic (exact) mass is 540 g/mol. The molecular formula is C20H18Br2N2O4S. The first-order valence-corrected chi connectivity index (χ1v) is 10.9. The van der Waals surface area contributed by atoms with Gasteiger partial charge < -0.3 is 14.8 Å². The van der Waals surface area contributed by atoms with Crippen LogP contribution in [-0.4, -0.2) is 25.6 Å². The molecule has 0 unspecified atom stereocenters. The number of rotatable bonds is 6. The highest BCUT2D eigenvalue weighted by atomic mass is 79.9. The maximum atomic E-state index is 12.8. The van der Waals surface area contributed by atoms with Crippen LogP contribution in [0.2, 0.25) is 0 Å². The van der Waals surface area contributed by atoms with Gasteiger partial charge in [-0.2, -0.15) is 5.26 Å². The zero-order valence-electron chi connectivity index (χ0n) is 16.2. The second-order valence-electron chi connectivity index (χ2n) is 5.84. The molecular weight excluding hydrogens is 524 g/mol. The smallest absolute Gasteiger partial charge is 0.341 e. The van der Waals surface area contributed by atoms with Crippen LogP contribution in [0.5, 0.6) is 5.75 Å². The minimum Gasteiger partial charge on any atom is -0.495 e. The number of nitriles is 1. The number of carbonyl (C=O) groups is 2. The lowest BCUT2D eigenvalue weighted by Gasteiger charge is -2.10. The fourth-order valence-electron chi connectivity index (χ4n) is 2.54. The first-order valence-electron chi connectivity index (χ1n) is 8.46. The molecule has 9 heteroatoms. The van der Waals surface area contributed by atoms with E-state index in [1.165, 1.54) is 24.5 Å². The number of methoxy groups -OCH3 is 1. The van der Waals surface area contributed by atoms with Crippen molar-refractivity contribution in [2.45, 2.75) is 20.8 Å². The van der Waals surface area contributed by atoms with Gasteiger partial charge in [-0.1, -0.05) is 15.9 Å². The summed E-state index contributed by atoms with van der Waals surface area (Å²) >= 11 is 8.04. The number of anilines is 1. The van der Waals surface area contributed by atoms with Crippen LogP contribution in [-0.2, 0) is 9.53 Å². The summed E-state index contributed by atoms with van der Waals surface area (Å²) in [4.78, 5) is 25.9. The standard InChI is InChI=1S/C20H18Br2N2O4S/c1-5-28-20(26)16-10(2)11(3)29-19(16)24-18(25)13(9-23)6-12-7-14(21)8-15(22)17(12)27-4/h6-8H,5H2,1-4H3,(H,24,25)/b13-6+. The number of amides is 1. The molecule has 0 saturated carbocycles. The summed E-state index contributed by atoms with van der Waals surface area (Å²) in [5.74, 6) is -0.647. The Kier molecular flexibility index (Phi) is 8.02. The molecule has 6 nitrogen and oxygen atoms in total. The molecule has 0 saturated heterocycles. The van der Waals surface area contributed by atoms with Gasteiger partial charge in [0.1, 0.15) is 22.4 Å². The van der Waals surface area contributed by atoms with Gasteiger partial charge in [0.05, 0.1) is 23.8 Å². The van der Waals surface area contributed by atoms with Crippen molar-refractivity contribution in [1.29, 1.82) is 5.26 Å². The number of aryl methyl sites for hydroxylation is 1. The summed E-state index contributed by atoms with van der Waals surface area (Å²) in [6.07, 6.45) is 1.43. The van der Waals surface area contributed by atoms with Crippen LogP contribution in [0, 0.1) is 25.2 Å². The summed E-state index contributed by atoms with van der Waals surface area (Å²) in [5, 5.41) is 12.6. The second kappa shape index (κ2) is 10.1. The summed E-state index contributed by atoms with van der Waals surface area (Å²) in [6.45, 7) is 5.58. The van der Waals surface area contributed by atoms with E-state index in [2.05, 4.69) is 37.2 Å². The van der Waals surface area contributed by atoms with Gasteiger partial charge in [-0.3, -0.25) is 4.79 Å². The molecule has 0 aliphatic rings. The molecule has 0 aliphatic heterocycles. The van der Waals surface area contributed by atoms with E-state index in [-0.39, 0.29) is 12.2 Å². The van der Waals surface area contributed by atoms with Crippen LogP contribution < -0.4 is 10.1 Å². The van der Waals surface area contributed by atoms with E-state index in [1.807, 2.05) is 13.0 Å². The van der Waals surface area contributed by atoms with Crippen molar-refractivity contribution in [3.8, 4) is 11.8 Å². The van der Waals surface area contributed by atoms with Gasteiger partial charge in [0.15, 0.2) is 0 Å². The first kappa shape index (κ1) is 23.1. The van der Waals surface area contributed by atoms with Gasteiger partial charge in [0, 0.05) is 14.9 Å². The van der Waals surface area contributed by atoms with Crippen molar-refractivity contribution in [1.82, 2.24) is 0 Å². The van der Waals surface area contributed by atoms with Crippen molar-refractivity contribution in [3.63, 3.8) is 0 Å². The number of nitrogens with zero attached hydrogens (tertiary/aromatic N) is 1. The minimum absolute atomic E-state index is 0.133. The molecule has 0 spiro atoms. The highest BCUT2D eigenvalue weighted by Crippen LogP contribution is 2.35. The zero-order valence-corrected chi connectivity index (χ0v) is 20.2. The lowest BCUT2D eigenvalue weighted by atomic mass is 10.1. The normalized spacial score (nSPS) is 11.0. The van der Waals surface area contributed by atoms with E-state index in [1.54, 1.807) is 26.0 Å². The molecule has 152 valence electrons. The molecule has 0 atom stereocenters. The predicted octanol–water partition coefficient (Wildman–Crippen LogP) is 5.62. The van der Waals surface area contributed by atoms with E-state index < -0.39 is 11.9 Å². The Hall–Kier alpha value is -2.15. The maximum Gasteiger partial charge on any atom is 0.341 e. The van der Waals surface area contributed by atoms with Crippen LogP contribution in [0.3, 0.4) is 0 Å². The number of benzene rings is 1. The van der Waals surface area contributed by atoms with E-state index in [4.69, 9.17) is 9.47 Å². The molecule has 0 bridgehead atoms. The fraction of sp³-hybridized carbons (Fsp3) is 0.250. The molecule has 29 heavy (non-hydrogen) atoms. The third-order valence-corrected chi connectivity index (χ3v) is 6.17. The Balaban J connectivity index is 2.43. The van der Waals surface area contributed by atoms with E-state index in [9.17, 15) is 14.9 Å². The van der Waals surface area contributed by atoms with Gasteiger partial charge in [-0.25, -0.2) is 4.79 Å². The largest absolute Gasteiger partial charge is 0.495 e. The Morgan fingerprint density at radius 1 is 1.31 bits per heavy atom. The number of thiophene rings is 1. The Bertz CT molecular complexity index is 1040. The predicted molar refractivity (Wildman–Crippen MR) is 120 cm³/mol. The van der Waals surface area contributed by atoms with Crippen LogP contribution in [0.15, 0.2) is 26.7 Å². The van der Waals surface area contributed by atoms with E-state index in [0.29, 0.717) is 26.4 Å². The summed E-state index contributed by atoms with van der Waals surface area (Å²) in [6, 6.07) is 5.44. The number of hydrogen-bond donors (Lipinski definition) is 1. The van der Waals surface area contributed by atoms with Crippen molar-refractivity contribution < 1.29 is 19.1 Å². The molecule has 0 radical (unpaired) electrons. The minimum atomic E-state index is -0.627. The lowest BCUT2D eigenvalue weighted by Crippen LogP contribution is -2.16. The van der Waals surface area contributed by atoms with Crippen molar-refractivity contribution >= 4 is 66.2 Å². The molecule has 0 fully saturated rings. The van der Waals surface area contributed by atoms with Crippen molar-refractivity contribution in [2.24, 2.45) is 0 Å². The van der Waals surface area contributed by atoms with Gasteiger partial charge >= 0.3 is 5.97 Å². The number of carbonyl (C=O) groups excluding carboxylic acids is 2. The van der Waals surface area contributed by atoms with Gasteiger partial charge in [0.2, 0.25) is 0 Å². The van der Waals surface area contributed by atoms with Gasteiger partial charge in [0.25, 0.3) is 5.91 Å². The summed E-state index contributed by atoms with van der Waals surface area (Å²) in [7, 11) is 1.50. The Morgan fingerprint density at radius 3 is 2.59 bits per heavy atom. The second-order valence-corrected chi connectivity index (χ2v) is 8.84. The molecule has 1 aromatic carbocycles. The average molecular weight is 542 g/mol. The van der Waals surface area contributed by atoms with Crippen LogP contribution in [0.1, 0.15) is 33.3 Å². The van der Waals surface area contributed by atoms with Gasteiger partial charge in [-0.15, -0.1) is 11.3 Å². The summed E-state index contributed by atoms with van der Waals surface area (Å²) in [5.41, 5.74) is 1.46. The molecule has 2 rings (SSSR count).